The van der Waals surface area contributed by atoms with Crippen LogP contribution in [0.4, 0.5) is 0 Å². The van der Waals surface area contributed by atoms with Gasteiger partial charge in [0.05, 0.1) is 6.20 Å². The van der Waals surface area contributed by atoms with E-state index in [-0.39, 0.29) is 5.75 Å². The van der Waals surface area contributed by atoms with E-state index in [1.807, 2.05) is 18.2 Å². The molecular weight excluding hydrogens is 198 g/mol. The predicted octanol–water partition coefficient (Wildman–Crippen LogP) is 3.11. The molecule has 0 saturated carbocycles. The van der Waals surface area contributed by atoms with Gasteiger partial charge in [-0.1, -0.05) is 29.8 Å². The van der Waals surface area contributed by atoms with E-state index < -0.39 is 0 Å². The lowest BCUT2D eigenvalue weighted by atomic mass is 10.1. The number of benzene rings is 1. The van der Waals surface area contributed by atoms with Crippen LogP contribution in [0.2, 0.25) is 5.02 Å². The van der Waals surface area contributed by atoms with E-state index in [0.29, 0.717) is 5.02 Å². The number of aromatic nitrogens is 1. The summed E-state index contributed by atoms with van der Waals surface area (Å²) in [5.41, 5.74) is 1.69. The second-order valence-electron chi connectivity index (χ2n) is 2.91. The van der Waals surface area contributed by atoms with Crippen LogP contribution in [0.3, 0.4) is 0 Å². The zero-order chi connectivity index (χ0) is 9.97. The molecule has 0 bridgehead atoms. The molecule has 3 heteroatoms. The number of aromatic hydroxyl groups is 1. The highest BCUT2D eigenvalue weighted by Crippen LogP contribution is 2.28. The number of halogens is 1. The molecule has 0 fully saturated rings. The molecule has 70 valence electrons. The lowest BCUT2D eigenvalue weighted by Crippen LogP contribution is -1.80. The summed E-state index contributed by atoms with van der Waals surface area (Å²) >= 11 is 6.00. The fraction of sp³-hybridized carbons (Fsp3) is 0. The molecule has 2 rings (SSSR count). The van der Waals surface area contributed by atoms with Crippen molar-refractivity contribution in [2.75, 3.05) is 0 Å². The highest BCUT2D eigenvalue weighted by atomic mass is 35.5. The molecule has 1 N–H and O–H groups in total. The van der Waals surface area contributed by atoms with Crippen molar-refractivity contribution in [2.24, 2.45) is 0 Å². The average molecular weight is 206 g/mol. The number of pyridine rings is 1. The minimum absolute atomic E-state index is 0.141. The predicted molar refractivity (Wildman–Crippen MR) is 56.3 cm³/mol. The Kier molecular flexibility index (Phi) is 2.37. The van der Waals surface area contributed by atoms with Crippen LogP contribution in [0.15, 0.2) is 42.7 Å². The van der Waals surface area contributed by atoms with E-state index in [9.17, 15) is 5.11 Å². The number of hydrogen-bond donors (Lipinski definition) is 1. The number of nitrogens with zero attached hydrogens (tertiary/aromatic N) is 1. The molecule has 1 aromatic heterocycles. The van der Waals surface area contributed by atoms with E-state index in [1.54, 1.807) is 18.3 Å². The van der Waals surface area contributed by atoms with Crippen molar-refractivity contribution in [2.45, 2.75) is 0 Å². The van der Waals surface area contributed by atoms with Gasteiger partial charge in [0.2, 0.25) is 0 Å². The van der Waals surface area contributed by atoms with Crippen LogP contribution < -0.4 is 0 Å². The first kappa shape index (κ1) is 9.03. The third kappa shape index (κ3) is 1.70. The van der Waals surface area contributed by atoms with Gasteiger partial charge in [-0.2, -0.15) is 0 Å². The van der Waals surface area contributed by atoms with Crippen LogP contribution in [0, 0.1) is 0 Å². The first-order valence-corrected chi connectivity index (χ1v) is 4.54. The van der Waals surface area contributed by atoms with Gasteiger partial charge in [-0.05, 0) is 12.1 Å². The van der Waals surface area contributed by atoms with Gasteiger partial charge in [0.15, 0.2) is 0 Å². The molecule has 2 aromatic rings. The second-order valence-corrected chi connectivity index (χ2v) is 3.32. The molecular formula is C11H8ClNO. The first-order chi connectivity index (χ1) is 6.77. The normalized spacial score (nSPS) is 10.1. The molecule has 0 spiro atoms. The topological polar surface area (TPSA) is 33.1 Å². The number of rotatable bonds is 1. The van der Waals surface area contributed by atoms with Crippen LogP contribution in [0.25, 0.3) is 11.1 Å². The molecule has 0 atom stereocenters. The minimum Gasteiger partial charge on any atom is -0.506 e. The van der Waals surface area contributed by atoms with Gasteiger partial charge in [-0.15, -0.1) is 0 Å². The Morgan fingerprint density at radius 3 is 2.64 bits per heavy atom. The van der Waals surface area contributed by atoms with Crippen molar-refractivity contribution in [3.05, 3.63) is 47.7 Å². The molecule has 0 radical (unpaired) electrons. The van der Waals surface area contributed by atoms with Crippen molar-refractivity contribution in [3.63, 3.8) is 0 Å². The average Bonchev–Trinajstić information content (AvgIpc) is 2.18. The molecule has 2 nitrogen and oxygen atoms in total. The first-order valence-electron chi connectivity index (χ1n) is 4.16. The molecule has 1 aromatic carbocycles. The largest absolute Gasteiger partial charge is 0.506 e. The van der Waals surface area contributed by atoms with E-state index >= 15 is 0 Å². The van der Waals surface area contributed by atoms with Gasteiger partial charge in [-0.25, -0.2) is 0 Å². The lowest BCUT2D eigenvalue weighted by Gasteiger charge is -2.03. The van der Waals surface area contributed by atoms with E-state index in [1.165, 1.54) is 6.20 Å². The highest BCUT2D eigenvalue weighted by molar-refractivity contribution is 6.33. The van der Waals surface area contributed by atoms with E-state index in [2.05, 4.69) is 4.98 Å². The van der Waals surface area contributed by atoms with Crippen LogP contribution in [0.1, 0.15) is 0 Å². The molecule has 0 unspecified atom stereocenters. The van der Waals surface area contributed by atoms with Crippen molar-refractivity contribution in [1.29, 1.82) is 0 Å². The van der Waals surface area contributed by atoms with Crippen molar-refractivity contribution < 1.29 is 5.11 Å². The van der Waals surface area contributed by atoms with Crippen molar-refractivity contribution in [3.8, 4) is 16.9 Å². The molecule has 14 heavy (non-hydrogen) atoms. The Hall–Kier alpha value is -1.54. The fourth-order valence-corrected chi connectivity index (χ4v) is 1.52. The summed E-state index contributed by atoms with van der Waals surface area (Å²) in [7, 11) is 0. The number of hydrogen-bond acceptors (Lipinski definition) is 2. The maximum Gasteiger partial charge on any atom is 0.134 e. The van der Waals surface area contributed by atoms with Gasteiger partial charge < -0.3 is 5.11 Å². The molecule has 0 aliphatic rings. The zero-order valence-corrected chi connectivity index (χ0v) is 8.07. The summed E-state index contributed by atoms with van der Waals surface area (Å²) in [4.78, 5) is 3.89. The van der Waals surface area contributed by atoms with Gasteiger partial charge in [0.1, 0.15) is 5.75 Å². The van der Waals surface area contributed by atoms with Gasteiger partial charge in [0, 0.05) is 22.3 Å². The Labute approximate surface area is 86.8 Å². The summed E-state index contributed by atoms with van der Waals surface area (Å²) in [5.74, 6) is 0.141. The van der Waals surface area contributed by atoms with E-state index in [4.69, 9.17) is 11.6 Å². The Morgan fingerprint density at radius 1 is 1.14 bits per heavy atom. The summed E-state index contributed by atoms with van der Waals surface area (Å²) < 4.78 is 0. The van der Waals surface area contributed by atoms with Crippen molar-refractivity contribution in [1.82, 2.24) is 4.98 Å². The van der Waals surface area contributed by atoms with Crippen LogP contribution in [0.5, 0.6) is 5.75 Å². The fourth-order valence-electron chi connectivity index (χ4n) is 1.27. The van der Waals surface area contributed by atoms with Crippen LogP contribution >= 0.6 is 11.6 Å². The third-order valence-electron chi connectivity index (χ3n) is 1.91. The lowest BCUT2D eigenvalue weighted by molar-refractivity contribution is 0.473. The van der Waals surface area contributed by atoms with Crippen molar-refractivity contribution >= 4 is 11.6 Å². The zero-order valence-electron chi connectivity index (χ0n) is 7.31. The molecule has 0 amide bonds. The standard InChI is InChI=1S/C11H8ClNO/c12-11-4-2-1-3-10(11)8-5-9(14)7-13-6-8/h1-7,14H. The smallest absolute Gasteiger partial charge is 0.134 e. The Bertz CT molecular complexity index is 457. The van der Waals surface area contributed by atoms with Gasteiger partial charge >= 0.3 is 0 Å². The summed E-state index contributed by atoms with van der Waals surface area (Å²) in [6.07, 6.45) is 3.06. The maximum absolute atomic E-state index is 9.26. The Balaban J connectivity index is 2.55. The quantitative estimate of drug-likeness (QED) is 0.776. The van der Waals surface area contributed by atoms with Gasteiger partial charge in [0.25, 0.3) is 0 Å². The molecule has 0 saturated heterocycles. The second kappa shape index (κ2) is 3.68. The van der Waals surface area contributed by atoms with Gasteiger partial charge in [-0.3, -0.25) is 4.98 Å². The minimum atomic E-state index is 0.141. The summed E-state index contributed by atoms with van der Waals surface area (Å²) in [6, 6.07) is 9.08. The van der Waals surface area contributed by atoms with Crippen LogP contribution in [-0.2, 0) is 0 Å². The summed E-state index contributed by atoms with van der Waals surface area (Å²) in [6.45, 7) is 0. The van der Waals surface area contributed by atoms with E-state index in [0.717, 1.165) is 11.1 Å². The molecule has 0 aliphatic heterocycles. The molecule has 0 aliphatic carbocycles. The van der Waals surface area contributed by atoms with Crippen LogP contribution in [-0.4, -0.2) is 10.1 Å². The SMILES string of the molecule is Oc1cncc(-c2ccccc2Cl)c1. The Morgan fingerprint density at radius 2 is 1.93 bits per heavy atom. The third-order valence-corrected chi connectivity index (χ3v) is 2.24. The summed E-state index contributed by atoms with van der Waals surface area (Å²) in [5, 5.41) is 9.91. The highest BCUT2D eigenvalue weighted by Gasteiger charge is 2.02. The maximum atomic E-state index is 9.26. The monoisotopic (exact) mass is 205 g/mol. The molecule has 1 heterocycles.